The van der Waals surface area contributed by atoms with Crippen LogP contribution in [0.25, 0.3) is 0 Å². The molecule has 24 heavy (non-hydrogen) atoms. The van der Waals surface area contributed by atoms with Gasteiger partial charge in [-0.2, -0.15) is 5.10 Å². The summed E-state index contributed by atoms with van der Waals surface area (Å²) in [6, 6.07) is 0.202. The zero-order valence-electron chi connectivity index (χ0n) is 15.2. The molecule has 0 unspecified atom stereocenters. The van der Waals surface area contributed by atoms with Crippen LogP contribution in [0.1, 0.15) is 44.0 Å². The van der Waals surface area contributed by atoms with Gasteiger partial charge in [-0.05, 0) is 32.6 Å². The zero-order valence-corrected chi connectivity index (χ0v) is 16.0. The average molecular weight is 356 g/mol. The summed E-state index contributed by atoms with van der Waals surface area (Å²) < 4.78 is 27.5. The Morgan fingerprint density at radius 2 is 1.92 bits per heavy atom. The lowest BCUT2D eigenvalue weighted by Gasteiger charge is -2.29. The molecule has 0 radical (unpaired) electrons. The Kier molecular flexibility index (Phi) is 5.70. The largest absolute Gasteiger partial charge is 0.351 e. The summed E-state index contributed by atoms with van der Waals surface area (Å²) in [7, 11) is -0.593. The molecule has 1 saturated carbocycles. The molecule has 1 aliphatic rings. The average Bonchev–Trinajstić information content (AvgIpc) is 2.76. The van der Waals surface area contributed by atoms with Crippen LogP contribution in [-0.4, -0.2) is 48.5 Å². The number of carbonyl (C=O) groups is 1. The summed E-state index contributed by atoms with van der Waals surface area (Å²) in [6.45, 7) is 5.54. The van der Waals surface area contributed by atoms with Crippen LogP contribution < -0.4 is 5.32 Å². The minimum Gasteiger partial charge on any atom is -0.351 e. The quantitative estimate of drug-likeness (QED) is 0.865. The first kappa shape index (κ1) is 18.9. The van der Waals surface area contributed by atoms with Crippen molar-refractivity contribution < 1.29 is 13.2 Å². The maximum absolute atomic E-state index is 12.4. The molecule has 0 saturated heterocycles. The Labute approximate surface area is 144 Å². The molecular formula is C16H28N4O3S. The third-order valence-electron chi connectivity index (χ3n) is 4.81. The highest BCUT2D eigenvalue weighted by Gasteiger charge is 2.28. The molecule has 1 amide bonds. The van der Waals surface area contributed by atoms with Crippen molar-refractivity contribution in [2.45, 2.75) is 63.9 Å². The van der Waals surface area contributed by atoms with Gasteiger partial charge in [-0.1, -0.05) is 19.8 Å². The van der Waals surface area contributed by atoms with E-state index in [9.17, 15) is 13.2 Å². The van der Waals surface area contributed by atoms with Crippen LogP contribution in [0.5, 0.6) is 0 Å². The van der Waals surface area contributed by atoms with Crippen LogP contribution >= 0.6 is 0 Å². The van der Waals surface area contributed by atoms with E-state index in [1.807, 2.05) is 0 Å². The Hall–Kier alpha value is -1.41. The van der Waals surface area contributed by atoms with Crippen molar-refractivity contribution in [2.75, 3.05) is 14.1 Å². The lowest BCUT2D eigenvalue weighted by molar-refractivity contribution is -0.123. The molecule has 2 rings (SSSR count). The van der Waals surface area contributed by atoms with E-state index in [1.165, 1.54) is 25.2 Å². The van der Waals surface area contributed by atoms with Gasteiger partial charge >= 0.3 is 0 Å². The van der Waals surface area contributed by atoms with Crippen LogP contribution in [0.15, 0.2) is 4.90 Å². The summed E-state index contributed by atoms with van der Waals surface area (Å²) in [5.41, 5.74) is 0.910. The van der Waals surface area contributed by atoms with Gasteiger partial charge in [-0.3, -0.25) is 9.48 Å². The summed E-state index contributed by atoms with van der Waals surface area (Å²) in [5, 5.41) is 7.34. The first-order valence-corrected chi connectivity index (χ1v) is 9.84. The SMILES string of the molecule is Cc1nn(CC(=O)N[C@@H]2CCCC[C@@H]2C)c(C)c1S(=O)(=O)N(C)C. The number of nitrogens with zero attached hydrogens (tertiary/aromatic N) is 3. The number of hydrogen-bond donors (Lipinski definition) is 1. The van der Waals surface area contributed by atoms with Crippen LogP contribution in [0, 0.1) is 19.8 Å². The molecule has 7 nitrogen and oxygen atoms in total. The molecule has 0 aromatic carbocycles. The molecule has 1 heterocycles. The lowest BCUT2D eigenvalue weighted by Crippen LogP contribution is -2.42. The van der Waals surface area contributed by atoms with Gasteiger partial charge in [0.25, 0.3) is 0 Å². The molecule has 136 valence electrons. The lowest BCUT2D eigenvalue weighted by atomic mass is 9.86. The van der Waals surface area contributed by atoms with Crippen molar-refractivity contribution in [3.63, 3.8) is 0 Å². The number of rotatable bonds is 5. The van der Waals surface area contributed by atoms with Crippen LogP contribution in [0.2, 0.25) is 0 Å². The molecule has 2 atom stereocenters. The van der Waals surface area contributed by atoms with E-state index in [1.54, 1.807) is 13.8 Å². The number of carbonyl (C=O) groups excluding carboxylic acids is 1. The molecule has 1 aliphatic carbocycles. The van der Waals surface area contributed by atoms with Gasteiger partial charge < -0.3 is 5.32 Å². The monoisotopic (exact) mass is 356 g/mol. The summed E-state index contributed by atoms with van der Waals surface area (Å²) in [4.78, 5) is 12.5. The van der Waals surface area contributed by atoms with Crippen LogP contribution in [0.3, 0.4) is 0 Å². The Bertz CT molecular complexity index is 709. The van der Waals surface area contributed by atoms with Gasteiger partial charge in [-0.15, -0.1) is 0 Å². The standard InChI is InChI=1S/C16H28N4O3S/c1-11-8-6-7-9-14(11)17-15(21)10-20-13(3)16(12(2)18-20)24(22,23)19(4)5/h11,14H,6-10H2,1-5H3,(H,17,21)/t11-,14+/m0/s1. The van der Waals surface area contributed by atoms with Gasteiger partial charge in [0, 0.05) is 20.1 Å². The highest BCUT2D eigenvalue weighted by atomic mass is 32.2. The van der Waals surface area contributed by atoms with E-state index in [0.29, 0.717) is 17.3 Å². The highest BCUT2D eigenvalue weighted by Crippen LogP contribution is 2.24. The van der Waals surface area contributed by atoms with Crippen molar-refractivity contribution in [1.82, 2.24) is 19.4 Å². The van der Waals surface area contributed by atoms with Crippen LogP contribution in [-0.2, 0) is 21.4 Å². The fraction of sp³-hybridized carbons (Fsp3) is 0.750. The molecule has 8 heteroatoms. The van der Waals surface area contributed by atoms with Crippen LogP contribution in [0.4, 0.5) is 0 Å². The number of nitrogens with one attached hydrogen (secondary N) is 1. The van der Waals surface area contributed by atoms with Crippen molar-refractivity contribution in [3.05, 3.63) is 11.4 Å². The second-order valence-electron chi connectivity index (χ2n) is 6.88. The Morgan fingerprint density at radius 1 is 1.29 bits per heavy atom. The number of aromatic nitrogens is 2. The van der Waals surface area contributed by atoms with Gasteiger partial charge in [-0.25, -0.2) is 12.7 Å². The predicted octanol–water partition coefficient (Wildman–Crippen LogP) is 1.45. The number of aryl methyl sites for hydroxylation is 1. The van der Waals surface area contributed by atoms with Gasteiger partial charge in [0.15, 0.2) is 0 Å². The van der Waals surface area contributed by atoms with E-state index in [2.05, 4.69) is 17.3 Å². The second kappa shape index (κ2) is 7.23. The van der Waals surface area contributed by atoms with Gasteiger partial charge in [0.2, 0.25) is 15.9 Å². The number of sulfonamides is 1. The first-order valence-electron chi connectivity index (χ1n) is 8.40. The second-order valence-corrected chi connectivity index (χ2v) is 8.97. The van der Waals surface area contributed by atoms with E-state index < -0.39 is 10.0 Å². The first-order chi connectivity index (χ1) is 11.1. The molecule has 1 aromatic heterocycles. The Balaban J connectivity index is 2.15. The molecule has 1 fully saturated rings. The van der Waals surface area contributed by atoms with Crippen molar-refractivity contribution in [1.29, 1.82) is 0 Å². The topological polar surface area (TPSA) is 84.3 Å². The Morgan fingerprint density at radius 3 is 2.50 bits per heavy atom. The summed E-state index contributed by atoms with van der Waals surface area (Å²) >= 11 is 0. The van der Waals surface area contributed by atoms with E-state index >= 15 is 0 Å². The molecule has 0 bridgehead atoms. The van der Waals surface area contributed by atoms with E-state index in [4.69, 9.17) is 0 Å². The van der Waals surface area contributed by atoms with E-state index in [-0.39, 0.29) is 23.4 Å². The van der Waals surface area contributed by atoms with Crippen molar-refractivity contribution in [3.8, 4) is 0 Å². The third-order valence-corrected chi connectivity index (χ3v) is 6.87. The molecule has 1 aromatic rings. The number of amides is 1. The van der Waals surface area contributed by atoms with Crippen molar-refractivity contribution >= 4 is 15.9 Å². The highest BCUT2D eigenvalue weighted by molar-refractivity contribution is 7.89. The maximum Gasteiger partial charge on any atom is 0.246 e. The minimum atomic E-state index is -3.57. The molecule has 0 spiro atoms. The summed E-state index contributed by atoms with van der Waals surface area (Å²) in [6.07, 6.45) is 4.50. The van der Waals surface area contributed by atoms with Crippen molar-refractivity contribution in [2.24, 2.45) is 5.92 Å². The fourth-order valence-electron chi connectivity index (χ4n) is 3.31. The molecule has 1 N–H and O–H groups in total. The maximum atomic E-state index is 12.4. The fourth-order valence-corrected chi connectivity index (χ4v) is 4.57. The predicted molar refractivity (Wildman–Crippen MR) is 92.1 cm³/mol. The smallest absolute Gasteiger partial charge is 0.246 e. The molecular weight excluding hydrogens is 328 g/mol. The summed E-state index contributed by atoms with van der Waals surface area (Å²) in [5.74, 6) is 0.362. The third kappa shape index (κ3) is 3.80. The van der Waals surface area contributed by atoms with Gasteiger partial charge in [0.05, 0.1) is 11.4 Å². The normalized spacial score (nSPS) is 21.9. The zero-order chi connectivity index (χ0) is 18.1. The minimum absolute atomic E-state index is 0.0405. The van der Waals surface area contributed by atoms with E-state index in [0.717, 1.165) is 23.6 Å². The molecule has 0 aliphatic heterocycles. The number of hydrogen-bond acceptors (Lipinski definition) is 4. The van der Waals surface area contributed by atoms with Gasteiger partial charge in [0.1, 0.15) is 11.4 Å².